The number of aromatic amines is 1. The highest BCUT2D eigenvalue weighted by Crippen LogP contribution is 2.21. The molecule has 0 radical (unpaired) electrons. The second-order valence-electron chi connectivity index (χ2n) is 4.32. The summed E-state index contributed by atoms with van der Waals surface area (Å²) in [6, 6.07) is 12.0. The average Bonchev–Trinajstić information content (AvgIpc) is 2.90. The monoisotopic (exact) mass is 321 g/mol. The minimum absolute atomic E-state index is 0.0628. The lowest BCUT2D eigenvalue weighted by molar-refractivity contribution is 0.578. The number of hydrogen-bond acceptors (Lipinski definition) is 5. The molecular weight excluding hydrogens is 310 g/mol. The van der Waals surface area contributed by atoms with E-state index in [1.54, 1.807) is 42.5 Å². The Morgan fingerprint density at radius 2 is 1.90 bits per heavy atom. The predicted octanol–water partition coefficient (Wildman–Crippen LogP) is 1.60. The van der Waals surface area contributed by atoms with Crippen LogP contribution in [0, 0.1) is 0 Å². The van der Waals surface area contributed by atoms with Gasteiger partial charge in [0.2, 0.25) is 0 Å². The molecule has 0 aliphatic rings. The van der Waals surface area contributed by atoms with Crippen LogP contribution in [0.1, 0.15) is 5.69 Å². The highest BCUT2D eigenvalue weighted by atomic mass is 33.2. The summed E-state index contributed by atoms with van der Waals surface area (Å²) in [5.74, 6) is -0.391. The summed E-state index contributed by atoms with van der Waals surface area (Å²) in [6.45, 7) is 0. The van der Waals surface area contributed by atoms with Gasteiger partial charge in [0.15, 0.2) is 10.2 Å². The third-order valence-corrected chi connectivity index (χ3v) is 6.64. The number of aromatic nitrogens is 3. The van der Waals surface area contributed by atoms with E-state index >= 15 is 0 Å². The fourth-order valence-corrected chi connectivity index (χ4v) is 4.74. The number of imidazole rings is 1. The molecule has 1 unspecified atom stereocenters. The molecule has 0 saturated heterocycles. The van der Waals surface area contributed by atoms with E-state index in [0.29, 0.717) is 16.7 Å². The molecule has 0 saturated carbocycles. The third-order valence-electron chi connectivity index (χ3n) is 2.81. The van der Waals surface area contributed by atoms with Crippen LogP contribution in [0.2, 0.25) is 0 Å². The van der Waals surface area contributed by atoms with Gasteiger partial charge in [0, 0.05) is 6.20 Å². The Morgan fingerprint density at radius 3 is 2.62 bits per heavy atom. The van der Waals surface area contributed by atoms with Crippen molar-refractivity contribution in [2.24, 2.45) is 0 Å². The maximum absolute atomic E-state index is 12.2. The molecule has 3 rings (SSSR count). The Bertz CT molecular complexity index is 830. The fourth-order valence-electron chi connectivity index (χ4n) is 1.85. The molecule has 2 aromatic heterocycles. The van der Waals surface area contributed by atoms with Crippen LogP contribution >= 0.6 is 0 Å². The minimum Gasteiger partial charge on any atom is -0.594 e. The Kier molecular flexibility index (Phi) is 3.66. The number of para-hydroxylation sites is 2. The Labute approximate surface area is 123 Å². The van der Waals surface area contributed by atoms with Crippen molar-refractivity contribution in [3.63, 3.8) is 0 Å². The van der Waals surface area contributed by atoms with Gasteiger partial charge in [-0.25, -0.2) is 0 Å². The van der Waals surface area contributed by atoms with Crippen LogP contribution in [0.4, 0.5) is 0 Å². The van der Waals surface area contributed by atoms with Crippen molar-refractivity contribution < 1.29 is 13.0 Å². The van der Waals surface area contributed by atoms with Crippen molar-refractivity contribution >= 4 is 30.1 Å². The second kappa shape index (κ2) is 5.47. The minimum atomic E-state index is -3.90. The van der Waals surface area contributed by atoms with E-state index in [2.05, 4.69) is 15.0 Å². The number of nitrogens with zero attached hydrogens (tertiary/aromatic N) is 2. The van der Waals surface area contributed by atoms with Crippen LogP contribution in [0.15, 0.2) is 53.8 Å². The summed E-state index contributed by atoms with van der Waals surface area (Å²) >= 11 is 0. The van der Waals surface area contributed by atoms with Gasteiger partial charge >= 0.3 is 14.0 Å². The first-order valence-electron chi connectivity index (χ1n) is 6.06. The molecule has 0 aliphatic carbocycles. The zero-order chi connectivity index (χ0) is 14.9. The molecule has 2 heterocycles. The molecule has 0 bridgehead atoms. The van der Waals surface area contributed by atoms with E-state index in [-0.39, 0.29) is 5.16 Å². The van der Waals surface area contributed by atoms with Gasteiger partial charge in [-0.1, -0.05) is 18.2 Å². The van der Waals surface area contributed by atoms with Crippen molar-refractivity contribution in [3.05, 3.63) is 54.4 Å². The number of rotatable bonds is 4. The van der Waals surface area contributed by atoms with Crippen LogP contribution in [0.5, 0.6) is 0 Å². The van der Waals surface area contributed by atoms with Crippen LogP contribution in [0.3, 0.4) is 0 Å². The van der Waals surface area contributed by atoms with E-state index in [9.17, 15) is 13.0 Å². The molecule has 0 spiro atoms. The molecule has 21 heavy (non-hydrogen) atoms. The topological polar surface area (TPSA) is 98.8 Å². The summed E-state index contributed by atoms with van der Waals surface area (Å²) in [4.78, 5) is 10.8. The number of benzene rings is 1. The summed E-state index contributed by atoms with van der Waals surface area (Å²) in [7, 11) is -6.16. The molecule has 0 fully saturated rings. The van der Waals surface area contributed by atoms with Crippen molar-refractivity contribution in [3.8, 4) is 0 Å². The standard InChI is InChI=1S/C13H11N3O3S2/c17-20(13-15-11-6-1-2-7-12(11)16-13)21(18,19)9-10-5-3-4-8-14-10/h1-8H,9H2,(H,15,16). The molecule has 108 valence electrons. The normalized spacial score (nSPS) is 13.4. The third kappa shape index (κ3) is 2.92. The fraction of sp³-hybridized carbons (Fsp3) is 0.0769. The molecule has 1 atom stereocenters. The zero-order valence-corrected chi connectivity index (χ0v) is 12.4. The number of nitrogens with one attached hydrogen (secondary N) is 1. The maximum Gasteiger partial charge on any atom is 0.339 e. The molecule has 0 amide bonds. The summed E-state index contributed by atoms with van der Waals surface area (Å²) in [6.07, 6.45) is 1.50. The SMILES string of the molecule is O=S(=O)(Cc1ccccn1)[S+]([O-])c1nc2ccccc2[nH]1. The molecule has 3 aromatic rings. The lowest BCUT2D eigenvalue weighted by atomic mass is 10.3. The van der Waals surface area contributed by atoms with E-state index in [1.165, 1.54) is 6.20 Å². The molecular formula is C13H11N3O3S2. The van der Waals surface area contributed by atoms with Crippen molar-refractivity contribution in [1.82, 2.24) is 15.0 Å². The van der Waals surface area contributed by atoms with Gasteiger partial charge < -0.3 is 4.55 Å². The van der Waals surface area contributed by atoms with Gasteiger partial charge in [-0.15, -0.1) is 0 Å². The van der Waals surface area contributed by atoms with Gasteiger partial charge in [0.25, 0.3) is 0 Å². The highest BCUT2D eigenvalue weighted by molar-refractivity contribution is 8.66. The number of H-pyrrole nitrogens is 1. The second-order valence-corrected chi connectivity index (χ2v) is 9.01. The van der Waals surface area contributed by atoms with Gasteiger partial charge in [0.1, 0.15) is 5.75 Å². The first kappa shape index (κ1) is 14.1. The smallest absolute Gasteiger partial charge is 0.339 e. The van der Waals surface area contributed by atoms with Crippen LogP contribution in [-0.2, 0) is 24.8 Å². The van der Waals surface area contributed by atoms with Crippen molar-refractivity contribution in [2.75, 3.05) is 0 Å². The molecule has 1 aromatic carbocycles. The van der Waals surface area contributed by atoms with E-state index < -0.39 is 24.8 Å². The van der Waals surface area contributed by atoms with Gasteiger partial charge in [0.05, 0.1) is 16.7 Å². The van der Waals surface area contributed by atoms with E-state index in [0.717, 1.165) is 0 Å². The van der Waals surface area contributed by atoms with Gasteiger partial charge in [-0.3, -0.25) is 9.97 Å². The average molecular weight is 321 g/mol. The quantitative estimate of drug-likeness (QED) is 0.581. The predicted molar refractivity (Wildman–Crippen MR) is 79.4 cm³/mol. The first-order valence-corrected chi connectivity index (χ1v) is 9.38. The largest absolute Gasteiger partial charge is 0.594 e. The van der Waals surface area contributed by atoms with E-state index in [1.807, 2.05) is 0 Å². The zero-order valence-electron chi connectivity index (χ0n) is 10.8. The first-order chi connectivity index (χ1) is 10.1. The van der Waals surface area contributed by atoms with Gasteiger partial charge in [-0.05, 0) is 24.3 Å². The van der Waals surface area contributed by atoms with Crippen molar-refractivity contribution in [2.45, 2.75) is 10.9 Å². The molecule has 8 heteroatoms. The number of pyridine rings is 1. The Morgan fingerprint density at radius 1 is 1.14 bits per heavy atom. The Hall–Kier alpha value is -1.90. The summed E-state index contributed by atoms with van der Waals surface area (Å²) in [5, 5.41) is -0.0628. The van der Waals surface area contributed by atoms with Crippen molar-refractivity contribution in [1.29, 1.82) is 0 Å². The molecule has 1 N–H and O–H groups in total. The maximum atomic E-state index is 12.2. The summed E-state index contributed by atoms with van der Waals surface area (Å²) < 4.78 is 36.6. The van der Waals surface area contributed by atoms with E-state index in [4.69, 9.17) is 0 Å². The summed E-state index contributed by atoms with van der Waals surface area (Å²) in [5.41, 5.74) is 1.57. The number of fused-ring (bicyclic) bond motifs is 1. The number of hydrogen-bond donors (Lipinski definition) is 1. The Balaban J connectivity index is 1.91. The van der Waals surface area contributed by atoms with Crippen LogP contribution < -0.4 is 0 Å². The molecule has 6 nitrogen and oxygen atoms in total. The lowest BCUT2D eigenvalue weighted by Gasteiger charge is -2.06. The lowest BCUT2D eigenvalue weighted by Crippen LogP contribution is -2.19. The van der Waals surface area contributed by atoms with Crippen LogP contribution in [0.25, 0.3) is 11.0 Å². The highest BCUT2D eigenvalue weighted by Gasteiger charge is 2.33. The van der Waals surface area contributed by atoms with Crippen LogP contribution in [-0.4, -0.2) is 27.9 Å². The molecule has 0 aliphatic heterocycles. The van der Waals surface area contributed by atoms with Gasteiger partial charge in [-0.2, -0.15) is 13.4 Å².